The average molecular weight is 278 g/mol. The molecule has 1 N–H and O–H groups in total. The number of hydrogen-bond acceptors (Lipinski definition) is 3. The molecule has 1 saturated heterocycles. The molecule has 0 spiro atoms. The summed E-state index contributed by atoms with van der Waals surface area (Å²) in [6.45, 7) is 6.15. The number of nitrogens with one attached hydrogen (secondary N) is 1. The Bertz CT molecular complexity index is 402. The monoisotopic (exact) mass is 278 g/mol. The summed E-state index contributed by atoms with van der Waals surface area (Å²) in [7, 11) is 0. The number of carbonyl (C=O) groups excluding carboxylic acids is 1. The Labute approximate surface area is 119 Å². The minimum Gasteiger partial charge on any atom is -0.335 e. The van der Waals surface area contributed by atoms with Gasteiger partial charge in [-0.25, -0.2) is 0 Å². The summed E-state index contributed by atoms with van der Waals surface area (Å²) in [5.41, 5.74) is 0. The standard InChI is InChI=1S/C15H22N2OS/c1-12(2)17(13-8-9-16-10-13)15(18)11-19-14-6-4-3-5-7-14/h3-7,12-13,16H,8-11H2,1-2H3. The van der Waals surface area contributed by atoms with E-state index in [4.69, 9.17) is 0 Å². The summed E-state index contributed by atoms with van der Waals surface area (Å²) in [6, 6.07) is 10.7. The van der Waals surface area contributed by atoms with Crippen molar-refractivity contribution in [3.8, 4) is 0 Å². The fourth-order valence-electron chi connectivity index (χ4n) is 2.53. The Balaban J connectivity index is 1.92. The van der Waals surface area contributed by atoms with Crippen LogP contribution in [-0.4, -0.2) is 41.7 Å². The lowest BCUT2D eigenvalue weighted by Crippen LogP contribution is -2.46. The van der Waals surface area contributed by atoms with Gasteiger partial charge in [0, 0.05) is 23.5 Å². The molecule has 2 rings (SSSR count). The second-order valence-corrected chi connectivity index (χ2v) is 6.19. The van der Waals surface area contributed by atoms with Crippen molar-refractivity contribution >= 4 is 17.7 Å². The molecule has 0 saturated carbocycles. The fraction of sp³-hybridized carbons (Fsp3) is 0.533. The van der Waals surface area contributed by atoms with Crippen LogP contribution >= 0.6 is 11.8 Å². The van der Waals surface area contributed by atoms with E-state index in [9.17, 15) is 4.79 Å². The Morgan fingerprint density at radius 3 is 2.74 bits per heavy atom. The minimum absolute atomic E-state index is 0.248. The predicted molar refractivity (Wildman–Crippen MR) is 80.4 cm³/mol. The van der Waals surface area contributed by atoms with Gasteiger partial charge in [-0.1, -0.05) is 18.2 Å². The zero-order valence-corrected chi connectivity index (χ0v) is 12.5. The second-order valence-electron chi connectivity index (χ2n) is 5.14. The number of benzene rings is 1. The molecule has 1 fully saturated rings. The van der Waals surface area contributed by atoms with E-state index in [1.165, 1.54) is 0 Å². The van der Waals surface area contributed by atoms with Crippen LogP contribution in [0.2, 0.25) is 0 Å². The molecule has 1 aromatic carbocycles. The van der Waals surface area contributed by atoms with Crippen LogP contribution in [0.25, 0.3) is 0 Å². The summed E-state index contributed by atoms with van der Waals surface area (Å²) in [5, 5.41) is 3.34. The lowest BCUT2D eigenvalue weighted by atomic mass is 10.1. The molecule has 1 amide bonds. The van der Waals surface area contributed by atoms with Crippen LogP contribution < -0.4 is 5.32 Å². The van der Waals surface area contributed by atoms with Crippen molar-refractivity contribution in [1.82, 2.24) is 10.2 Å². The van der Waals surface area contributed by atoms with Crippen molar-refractivity contribution in [3.05, 3.63) is 30.3 Å². The molecule has 19 heavy (non-hydrogen) atoms. The zero-order chi connectivity index (χ0) is 13.7. The van der Waals surface area contributed by atoms with E-state index >= 15 is 0 Å². The van der Waals surface area contributed by atoms with Crippen LogP contribution in [0, 0.1) is 0 Å². The van der Waals surface area contributed by atoms with E-state index < -0.39 is 0 Å². The van der Waals surface area contributed by atoms with E-state index in [2.05, 4.69) is 36.2 Å². The molecular weight excluding hydrogens is 256 g/mol. The maximum absolute atomic E-state index is 12.4. The second kappa shape index (κ2) is 6.96. The van der Waals surface area contributed by atoms with Crippen LogP contribution in [0.15, 0.2) is 35.2 Å². The van der Waals surface area contributed by atoms with E-state index in [1.54, 1.807) is 11.8 Å². The topological polar surface area (TPSA) is 32.3 Å². The first-order valence-electron chi connectivity index (χ1n) is 6.88. The summed E-state index contributed by atoms with van der Waals surface area (Å²) >= 11 is 1.62. The molecule has 1 aliphatic heterocycles. The number of amides is 1. The van der Waals surface area contributed by atoms with E-state index in [0.29, 0.717) is 11.8 Å². The largest absolute Gasteiger partial charge is 0.335 e. The molecule has 1 aliphatic rings. The Hall–Kier alpha value is -1.00. The molecule has 1 aromatic rings. The fourth-order valence-corrected chi connectivity index (χ4v) is 3.32. The van der Waals surface area contributed by atoms with Crippen LogP contribution in [0.1, 0.15) is 20.3 Å². The summed E-state index contributed by atoms with van der Waals surface area (Å²) in [4.78, 5) is 15.6. The van der Waals surface area contributed by atoms with Crippen LogP contribution in [0.4, 0.5) is 0 Å². The van der Waals surface area contributed by atoms with Crippen LogP contribution in [0.3, 0.4) is 0 Å². The Kier molecular flexibility index (Phi) is 5.28. The average Bonchev–Trinajstić information content (AvgIpc) is 2.91. The number of nitrogens with zero attached hydrogens (tertiary/aromatic N) is 1. The van der Waals surface area contributed by atoms with Gasteiger partial charge in [0.1, 0.15) is 0 Å². The van der Waals surface area contributed by atoms with Crippen molar-refractivity contribution in [2.75, 3.05) is 18.8 Å². The smallest absolute Gasteiger partial charge is 0.233 e. The number of hydrogen-bond donors (Lipinski definition) is 1. The summed E-state index contributed by atoms with van der Waals surface area (Å²) in [6.07, 6.45) is 1.07. The van der Waals surface area contributed by atoms with Gasteiger partial charge < -0.3 is 10.2 Å². The zero-order valence-electron chi connectivity index (χ0n) is 11.6. The number of carbonyl (C=O) groups is 1. The van der Waals surface area contributed by atoms with Gasteiger partial charge in [-0.15, -0.1) is 11.8 Å². The SMILES string of the molecule is CC(C)N(C(=O)CSc1ccccc1)C1CCNC1. The third-order valence-electron chi connectivity index (χ3n) is 3.38. The van der Waals surface area contributed by atoms with Gasteiger partial charge in [0.25, 0.3) is 0 Å². The molecule has 1 atom stereocenters. The quantitative estimate of drug-likeness (QED) is 0.839. The molecule has 104 valence electrons. The van der Waals surface area contributed by atoms with E-state index in [1.807, 2.05) is 18.2 Å². The Morgan fingerprint density at radius 2 is 2.16 bits per heavy atom. The van der Waals surface area contributed by atoms with Gasteiger partial charge in [-0.05, 0) is 38.9 Å². The van der Waals surface area contributed by atoms with Gasteiger partial charge in [-0.3, -0.25) is 4.79 Å². The maximum Gasteiger partial charge on any atom is 0.233 e. The highest BCUT2D eigenvalue weighted by molar-refractivity contribution is 8.00. The van der Waals surface area contributed by atoms with Gasteiger partial charge >= 0.3 is 0 Å². The first kappa shape index (κ1) is 14.4. The third-order valence-corrected chi connectivity index (χ3v) is 4.37. The van der Waals surface area contributed by atoms with Crippen molar-refractivity contribution in [1.29, 1.82) is 0 Å². The molecule has 1 heterocycles. The summed E-state index contributed by atoms with van der Waals surface area (Å²) < 4.78 is 0. The highest BCUT2D eigenvalue weighted by Crippen LogP contribution is 2.20. The van der Waals surface area contributed by atoms with Gasteiger partial charge in [0.15, 0.2) is 0 Å². The summed E-state index contributed by atoms with van der Waals surface area (Å²) in [5.74, 6) is 0.774. The highest BCUT2D eigenvalue weighted by atomic mass is 32.2. The lowest BCUT2D eigenvalue weighted by Gasteiger charge is -2.32. The van der Waals surface area contributed by atoms with E-state index in [-0.39, 0.29) is 11.9 Å². The minimum atomic E-state index is 0.248. The van der Waals surface area contributed by atoms with Crippen LogP contribution in [0.5, 0.6) is 0 Å². The van der Waals surface area contributed by atoms with Gasteiger partial charge in [0.05, 0.1) is 5.75 Å². The molecule has 1 unspecified atom stereocenters. The predicted octanol–water partition coefficient (Wildman–Crippen LogP) is 2.38. The molecule has 0 aliphatic carbocycles. The van der Waals surface area contributed by atoms with Crippen molar-refractivity contribution in [2.24, 2.45) is 0 Å². The van der Waals surface area contributed by atoms with Crippen LogP contribution in [-0.2, 0) is 4.79 Å². The third kappa shape index (κ3) is 3.98. The molecule has 0 bridgehead atoms. The first-order chi connectivity index (χ1) is 9.18. The van der Waals surface area contributed by atoms with E-state index in [0.717, 1.165) is 24.4 Å². The van der Waals surface area contributed by atoms with Crippen molar-refractivity contribution < 1.29 is 4.79 Å². The normalized spacial score (nSPS) is 18.8. The molecule has 4 heteroatoms. The van der Waals surface area contributed by atoms with Gasteiger partial charge in [0.2, 0.25) is 5.91 Å². The van der Waals surface area contributed by atoms with Crippen molar-refractivity contribution in [3.63, 3.8) is 0 Å². The molecule has 0 radical (unpaired) electrons. The molecule has 0 aromatic heterocycles. The Morgan fingerprint density at radius 1 is 1.42 bits per heavy atom. The highest BCUT2D eigenvalue weighted by Gasteiger charge is 2.28. The van der Waals surface area contributed by atoms with Crippen molar-refractivity contribution in [2.45, 2.75) is 37.2 Å². The lowest BCUT2D eigenvalue weighted by molar-refractivity contribution is -0.132. The first-order valence-corrected chi connectivity index (χ1v) is 7.87. The van der Waals surface area contributed by atoms with Gasteiger partial charge in [-0.2, -0.15) is 0 Å². The molecule has 3 nitrogen and oxygen atoms in total. The molecular formula is C15H22N2OS. The number of rotatable bonds is 5. The number of thioether (sulfide) groups is 1. The maximum atomic E-state index is 12.4.